The second-order valence-corrected chi connectivity index (χ2v) is 4.23. The zero-order valence-electron chi connectivity index (χ0n) is 9.74. The first kappa shape index (κ1) is 13.6. The second kappa shape index (κ2) is 5.07. The zero-order valence-corrected chi connectivity index (χ0v) is 9.74. The number of rotatable bonds is 2. The molecule has 0 spiro atoms. The van der Waals surface area contributed by atoms with E-state index in [-0.39, 0.29) is 18.9 Å². The van der Waals surface area contributed by atoms with Gasteiger partial charge in [0.1, 0.15) is 0 Å². The van der Waals surface area contributed by atoms with Crippen molar-refractivity contribution in [2.45, 2.75) is 18.3 Å². The Bertz CT molecular complexity index is 511. The van der Waals surface area contributed by atoms with Crippen molar-refractivity contribution < 1.29 is 23.0 Å². The SMILES string of the molecule is N#Cc1ccc(NC2COCC2O)cc1C(F)(F)F. The first-order valence-electron chi connectivity index (χ1n) is 5.55. The maximum Gasteiger partial charge on any atom is 0.417 e. The summed E-state index contributed by atoms with van der Waals surface area (Å²) in [6, 6.07) is 4.40. The van der Waals surface area contributed by atoms with Gasteiger partial charge in [-0.3, -0.25) is 0 Å². The van der Waals surface area contributed by atoms with Gasteiger partial charge >= 0.3 is 6.18 Å². The Kier molecular flexibility index (Phi) is 3.64. The molecule has 1 aromatic carbocycles. The van der Waals surface area contributed by atoms with Crippen molar-refractivity contribution in [2.24, 2.45) is 0 Å². The molecule has 0 radical (unpaired) electrons. The molecule has 19 heavy (non-hydrogen) atoms. The average molecular weight is 272 g/mol. The maximum absolute atomic E-state index is 12.8. The normalized spacial score (nSPS) is 23.1. The summed E-state index contributed by atoms with van der Waals surface area (Å²) in [4.78, 5) is 0. The largest absolute Gasteiger partial charge is 0.417 e. The van der Waals surface area contributed by atoms with Crippen molar-refractivity contribution in [1.82, 2.24) is 0 Å². The molecule has 0 aromatic heterocycles. The van der Waals surface area contributed by atoms with Crippen LogP contribution >= 0.6 is 0 Å². The van der Waals surface area contributed by atoms with Gasteiger partial charge in [-0.1, -0.05) is 0 Å². The predicted octanol–water partition coefficient (Wildman–Crippen LogP) is 1.75. The van der Waals surface area contributed by atoms with E-state index in [1.165, 1.54) is 12.1 Å². The lowest BCUT2D eigenvalue weighted by molar-refractivity contribution is -0.137. The van der Waals surface area contributed by atoms with E-state index in [1.54, 1.807) is 0 Å². The number of aliphatic hydroxyl groups excluding tert-OH is 1. The van der Waals surface area contributed by atoms with Crippen LogP contribution in [0.5, 0.6) is 0 Å². The molecule has 1 aliphatic heterocycles. The van der Waals surface area contributed by atoms with Crippen LogP contribution in [-0.4, -0.2) is 30.5 Å². The number of hydrogen-bond acceptors (Lipinski definition) is 4. The lowest BCUT2D eigenvalue weighted by atomic mass is 10.1. The van der Waals surface area contributed by atoms with E-state index in [4.69, 9.17) is 10.00 Å². The van der Waals surface area contributed by atoms with Gasteiger partial charge < -0.3 is 15.2 Å². The third-order valence-electron chi connectivity index (χ3n) is 2.85. The molecule has 1 aliphatic rings. The van der Waals surface area contributed by atoms with E-state index < -0.39 is 29.4 Å². The van der Waals surface area contributed by atoms with Crippen LogP contribution in [-0.2, 0) is 10.9 Å². The quantitative estimate of drug-likeness (QED) is 0.860. The molecular formula is C12H11F3N2O2. The van der Waals surface area contributed by atoms with Gasteiger partial charge in [0.05, 0.1) is 42.6 Å². The maximum atomic E-state index is 12.8. The van der Waals surface area contributed by atoms with E-state index in [9.17, 15) is 18.3 Å². The Balaban J connectivity index is 2.26. The van der Waals surface area contributed by atoms with Gasteiger partial charge in [0, 0.05) is 5.69 Å². The zero-order chi connectivity index (χ0) is 14.0. The van der Waals surface area contributed by atoms with Crippen LogP contribution in [0.4, 0.5) is 18.9 Å². The van der Waals surface area contributed by atoms with Crippen LogP contribution in [0.15, 0.2) is 18.2 Å². The Morgan fingerprint density at radius 1 is 1.37 bits per heavy atom. The molecule has 7 heteroatoms. The third kappa shape index (κ3) is 2.97. The number of nitriles is 1. The minimum Gasteiger partial charge on any atom is -0.388 e. The molecule has 2 N–H and O–H groups in total. The van der Waals surface area contributed by atoms with E-state index >= 15 is 0 Å². The highest BCUT2D eigenvalue weighted by atomic mass is 19.4. The summed E-state index contributed by atoms with van der Waals surface area (Å²) in [5, 5.41) is 21.0. The summed E-state index contributed by atoms with van der Waals surface area (Å²) in [6.45, 7) is 0.378. The number of halogens is 3. The summed E-state index contributed by atoms with van der Waals surface area (Å²) < 4.78 is 43.3. The fourth-order valence-electron chi connectivity index (χ4n) is 1.86. The molecule has 1 saturated heterocycles. The number of nitrogens with zero attached hydrogens (tertiary/aromatic N) is 1. The van der Waals surface area contributed by atoms with Gasteiger partial charge in [-0.25, -0.2) is 0 Å². The van der Waals surface area contributed by atoms with Crippen LogP contribution in [0, 0.1) is 11.3 Å². The fourth-order valence-corrected chi connectivity index (χ4v) is 1.86. The lowest BCUT2D eigenvalue weighted by Crippen LogP contribution is -2.31. The van der Waals surface area contributed by atoms with E-state index in [2.05, 4.69) is 5.32 Å². The number of aliphatic hydroxyl groups is 1. The summed E-state index contributed by atoms with van der Waals surface area (Å²) >= 11 is 0. The first-order valence-corrected chi connectivity index (χ1v) is 5.55. The molecule has 102 valence electrons. The number of alkyl halides is 3. The molecule has 0 aliphatic carbocycles. The van der Waals surface area contributed by atoms with Crippen molar-refractivity contribution in [3.63, 3.8) is 0 Å². The number of ether oxygens (including phenoxy) is 1. The van der Waals surface area contributed by atoms with Gasteiger partial charge in [-0.15, -0.1) is 0 Å². The van der Waals surface area contributed by atoms with Gasteiger partial charge in [0.25, 0.3) is 0 Å². The van der Waals surface area contributed by atoms with Crippen LogP contribution in [0.2, 0.25) is 0 Å². The Morgan fingerprint density at radius 2 is 2.11 bits per heavy atom. The van der Waals surface area contributed by atoms with E-state index in [1.807, 2.05) is 0 Å². The molecule has 0 saturated carbocycles. The smallest absolute Gasteiger partial charge is 0.388 e. The molecule has 0 amide bonds. The van der Waals surface area contributed by atoms with Crippen molar-refractivity contribution >= 4 is 5.69 Å². The van der Waals surface area contributed by atoms with Crippen molar-refractivity contribution in [1.29, 1.82) is 5.26 Å². The highest BCUT2D eigenvalue weighted by Gasteiger charge is 2.34. The highest BCUT2D eigenvalue weighted by molar-refractivity contribution is 5.53. The van der Waals surface area contributed by atoms with Gasteiger partial charge in [0.2, 0.25) is 0 Å². The summed E-state index contributed by atoms with van der Waals surface area (Å²) in [5.74, 6) is 0. The fraction of sp³-hybridized carbons (Fsp3) is 0.417. The number of anilines is 1. The second-order valence-electron chi connectivity index (χ2n) is 4.23. The Morgan fingerprint density at radius 3 is 2.63 bits per heavy atom. The molecule has 0 bridgehead atoms. The summed E-state index contributed by atoms with van der Waals surface area (Å²) in [6.07, 6.45) is -5.35. The molecule has 1 fully saturated rings. The minimum absolute atomic E-state index is 0.153. The predicted molar refractivity (Wildman–Crippen MR) is 60.4 cm³/mol. The van der Waals surface area contributed by atoms with Crippen LogP contribution in [0.3, 0.4) is 0 Å². The first-order chi connectivity index (χ1) is 8.91. The van der Waals surface area contributed by atoms with Gasteiger partial charge in [0.15, 0.2) is 0 Å². The van der Waals surface area contributed by atoms with Crippen LogP contribution < -0.4 is 5.32 Å². The van der Waals surface area contributed by atoms with Crippen molar-refractivity contribution in [2.75, 3.05) is 18.5 Å². The van der Waals surface area contributed by atoms with Crippen LogP contribution in [0.1, 0.15) is 11.1 Å². The lowest BCUT2D eigenvalue weighted by Gasteiger charge is -2.17. The van der Waals surface area contributed by atoms with Gasteiger partial charge in [-0.2, -0.15) is 18.4 Å². The summed E-state index contributed by atoms with van der Waals surface area (Å²) in [5.41, 5.74) is -1.23. The van der Waals surface area contributed by atoms with E-state index in [0.29, 0.717) is 0 Å². The number of benzene rings is 1. The average Bonchev–Trinajstić information content (AvgIpc) is 2.74. The molecule has 1 heterocycles. The van der Waals surface area contributed by atoms with E-state index in [0.717, 1.165) is 12.1 Å². The Labute approximate surface area is 107 Å². The number of nitrogens with one attached hydrogen (secondary N) is 1. The molecule has 4 nitrogen and oxygen atoms in total. The monoisotopic (exact) mass is 272 g/mol. The standard InChI is InChI=1S/C12H11F3N2O2/c13-12(14,15)9-3-8(2-1-7(9)4-16)17-10-5-19-6-11(10)18/h1-3,10-11,17-18H,5-6H2. The van der Waals surface area contributed by atoms with Crippen LogP contribution in [0.25, 0.3) is 0 Å². The molecule has 2 unspecified atom stereocenters. The highest BCUT2D eigenvalue weighted by Crippen LogP contribution is 2.33. The minimum atomic E-state index is -4.59. The molecule has 1 aromatic rings. The van der Waals surface area contributed by atoms with Gasteiger partial charge in [-0.05, 0) is 18.2 Å². The molecule has 2 atom stereocenters. The number of hydrogen-bond donors (Lipinski definition) is 2. The summed E-state index contributed by atoms with van der Waals surface area (Å²) in [7, 11) is 0. The molecular weight excluding hydrogens is 261 g/mol. The Hall–Kier alpha value is -1.78. The molecule has 2 rings (SSSR count). The van der Waals surface area contributed by atoms with Crippen molar-refractivity contribution in [3.8, 4) is 6.07 Å². The third-order valence-corrected chi connectivity index (χ3v) is 2.85. The van der Waals surface area contributed by atoms with Crippen molar-refractivity contribution in [3.05, 3.63) is 29.3 Å². The topological polar surface area (TPSA) is 65.3 Å².